The molecule has 1 fully saturated rings. The van der Waals surface area contributed by atoms with E-state index in [1.54, 1.807) is 6.33 Å². The summed E-state index contributed by atoms with van der Waals surface area (Å²) in [6.07, 6.45) is 8.39. The summed E-state index contributed by atoms with van der Waals surface area (Å²) in [7, 11) is 0. The molecule has 150 valence electrons. The van der Waals surface area contributed by atoms with Gasteiger partial charge in [0.15, 0.2) is 0 Å². The minimum atomic E-state index is -0.881. The molecule has 0 spiro atoms. The number of carboxylic acids is 1. The van der Waals surface area contributed by atoms with Gasteiger partial charge in [-0.05, 0) is 31.2 Å². The Morgan fingerprint density at radius 1 is 1.18 bits per heavy atom. The predicted octanol–water partition coefficient (Wildman–Crippen LogP) is 3.38. The zero-order valence-corrected chi connectivity index (χ0v) is 15.9. The molecule has 1 aromatic heterocycles. The van der Waals surface area contributed by atoms with Crippen LogP contribution in [0.25, 0.3) is 0 Å². The minimum Gasteiger partial charge on any atom is -0.481 e. The first kappa shape index (κ1) is 19.9. The summed E-state index contributed by atoms with van der Waals surface area (Å²) in [5, 5.41) is 18.9. The SMILES string of the molecule is O=C(O)CCC(Cc1ccccc1)NC(=O)Nc1ncn(C2CCCCC2)n1. The van der Waals surface area contributed by atoms with Crippen LogP contribution >= 0.6 is 0 Å². The lowest BCUT2D eigenvalue weighted by atomic mass is 9.96. The van der Waals surface area contributed by atoms with Crippen molar-refractivity contribution in [3.63, 3.8) is 0 Å². The Hall–Kier alpha value is -2.90. The second kappa shape index (κ2) is 9.87. The molecule has 1 saturated carbocycles. The van der Waals surface area contributed by atoms with Crippen molar-refractivity contribution in [2.45, 2.75) is 63.5 Å². The van der Waals surface area contributed by atoms with E-state index in [2.05, 4.69) is 20.7 Å². The third-order valence-electron chi connectivity index (χ3n) is 5.05. The molecule has 1 aromatic carbocycles. The van der Waals surface area contributed by atoms with Crippen LogP contribution in [0.4, 0.5) is 10.7 Å². The molecule has 1 atom stereocenters. The number of aliphatic carboxylic acids is 1. The average molecular weight is 385 g/mol. The maximum absolute atomic E-state index is 12.4. The Kier molecular flexibility index (Phi) is 7.00. The van der Waals surface area contributed by atoms with Crippen LogP contribution in [0, 0.1) is 0 Å². The van der Waals surface area contributed by atoms with E-state index >= 15 is 0 Å². The predicted molar refractivity (Wildman–Crippen MR) is 105 cm³/mol. The van der Waals surface area contributed by atoms with E-state index in [1.807, 2.05) is 35.0 Å². The van der Waals surface area contributed by atoms with Gasteiger partial charge in [-0.25, -0.2) is 14.5 Å². The topological polar surface area (TPSA) is 109 Å². The molecule has 0 aliphatic heterocycles. The molecule has 3 N–H and O–H groups in total. The Morgan fingerprint density at radius 2 is 1.93 bits per heavy atom. The van der Waals surface area contributed by atoms with Crippen molar-refractivity contribution in [1.29, 1.82) is 0 Å². The summed E-state index contributed by atoms with van der Waals surface area (Å²) in [6.45, 7) is 0. The number of aromatic nitrogens is 3. The van der Waals surface area contributed by atoms with Gasteiger partial charge in [0.05, 0.1) is 6.04 Å². The number of urea groups is 1. The highest BCUT2D eigenvalue weighted by Gasteiger charge is 2.19. The van der Waals surface area contributed by atoms with Crippen LogP contribution in [0.1, 0.15) is 56.6 Å². The quantitative estimate of drug-likeness (QED) is 0.645. The Balaban J connectivity index is 1.56. The van der Waals surface area contributed by atoms with Gasteiger partial charge < -0.3 is 10.4 Å². The summed E-state index contributed by atoms with van der Waals surface area (Å²) in [4.78, 5) is 27.5. The molecule has 1 aliphatic carbocycles. The van der Waals surface area contributed by atoms with E-state index < -0.39 is 12.0 Å². The highest BCUT2D eigenvalue weighted by atomic mass is 16.4. The number of hydrogen-bond donors (Lipinski definition) is 3. The van der Waals surface area contributed by atoms with E-state index in [-0.39, 0.29) is 18.4 Å². The van der Waals surface area contributed by atoms with Gasteiger partial charge >= 0.3 is 12.0 Å². The molecule has 28 heavy (non-hydrogen) atoms. The van der Waals surface area contributed by atoms with Gasteiger partial charge in [0, 0.05) is 12.5 Å². The number of nitrogens with zero attached hydrogens (tertiary/aromatic N) is 3. The van der Waals surface area contributed by atoms with E-state index in [0.717, 1.165) is 18.4 Å². The van der Waals surface area contributed by atoms with E-state index in [4.69, 9.17) is 5.11 Å². The number of hydrogen-bond acceptors (Lipinski definition) is 4. The summed E-state index contributed by atoms with van der Waals surface area (Å²) in [5.41, 5.74) is 1.04. The smallest absolute Gasteiger partial charge is 0.321 e. The summed E-state index contributed by atoms with van der Waals surface area (Å²) >= 11 is 0. The molecule has 0 radical (unpaired) electrons. The third kappa shape index (κ3) is 6.07. The van der Waals surface area contributed by atoms with Gasteiger partial charge in [0.2, 0.25) is 5.95 Å². The van der Waals surface area contributed by atoms with Gasteiger partial charge in [-0.2, -0.15) is 0 Å². The minimum absolute atomic E-state index is 0.00760. The number of nitrogens with one attached hydrogen (secondary N) is 2. The molecule has 2 amide bonds. The lowest BCUT2D eigenvalue weighted by Gasteiger charge is -2.21. The molecule has 1 unspecified atom stereocenters. The molecule has 1 heterocycles. The number of carbonyl (C=O) groups excluding carboxylic acids is 1. The average Bonchev–Trinajstić information content (AvgIpc) is 3.16. The number of rotatable bonds is 8. The van der Waals surface area contributed by atoms with Crippen molar-refractivity contribution >= 4 is 17.9 Å². The van der Waals surface area contributed by atoms with Gasteiger partial charge in [-0.1, -0.05) is 49.6 Å². The van der Waals surface area contributed by atoms with Crippen LogP contribution < -0.4 is 10.6 Å². The first-order valence-corrected chi connectivity index (χ1v) is 9.84. The molecular formula is C20H27N5O3. The number of carbonyl (C=O) groups is 2. The van der Waals surface area contributed by atoms with Gasteiger partial charge in [-0.15, -0.1) is 5.10 Å². The van der Waals surface area contributed by atoms with Crippen molar-refractivity contribution in [2.24, 2.45) is 0 Å². The Bertz CT molecular complexity index is 771. The first-order chi connectivity index (χ1) is 13.6. The van der Waals surface area contributed by atoms with Gasteiger partial charge in [0.25, 0.3) is 0 Å². The summed E-state index contributed by atoms with van der Waals surface area (Å²) in [5.74, 6) is -0.618. The number of amides is 2. The molecule has 0 saturated heterocycles. The zero-order valence-electron chi connectivity index (χ0n) is 15.9. The van der Waals surface area contributed by atoms with E-state index in [1.165, 1.54) is 19.3 Å². The summed E-state index contributed by atoms with van der Waals surface area (Å²) < 4.78 is 1.83. The van der Waals surface area contributed by atoms with Crippen molar-refractivity contribution in [3.8, 4) is 0 Å². The Labute approximate surface area is 164 Å². The second-order valence-electron chi connectivity index (χ2n) is 7.26. The molecular weight excluding hydrogens is 358 g/mol. The molecule has 8 heteroatoms. The molecule has 3 rings (SSSR count). The van der Waals surface area contributed by atoms with E-state index in [9.17, 15) is 9.59 Å². The molecule has 1 aliphatic rings. The van der Waals surface area contributed by atoms with Crippen molar-refractivity contribution in [1.82, 2.24) is 20.1 Å². The largest absolute Gasteiger partial charge is 0.481 e. The standard InChI is InChI=1S/C20H27N5O3/c26-18(27)12-11-16(13-15-7-3-1-4-8-15)22-20(28)23-19-21-14-25(24-19)17-9-5-2-6-10-17/h1,3-4,7-8,14,16-17H,2,5-6,9-13H2,(H,26,27)(H2,22,23,24,28). The van der Waals surface area contributed by atoms with Crippen LogP contribution in [0.3, 0.4) is 0 Å². The highest BCUT2D eigenvalue weighted by molar-refractivity contribution is 5.87. The monoisotopic (exact) mass is 385 g/mol. The highest BCUT2D eigenvalue weighted by Crippen LogP contribution is 2.27. The van der Waals surface area contributed by atoms with Crippen LogP contribution in [-0.4, -0.2) is 37.9 Å². The molecule has 2 aromatic rings. The van der Waals surface area contributed by atoms with Crippen LogP contribution in [0.2, 0.25) is 0 Å². The lowest BCUT2D eigenvalue weighted by Crippen LogP contribution is -2.39. The van der Waals surface area contributed by atoms with Gasteiger partial charge in [-0.3, -0.25) is 10.1 Å². The van der Waals surface area contributed by atoms with Crippen LogP contribution in [0.5, 0.6) is 0 Å². The number of carboxylic acid groups (broad SMARTS) is 1. The number of benzene rings is 1. The lowest BCUT2D eigenvalue weighted by molar-refractivity contribution is -0.137. The fourth-order valence-electron chi connectivity index (χ4n) is 3.60. The fourth-order valence-corrected chi connectivity index (χ4v) is 3.60. The van der Waals surface area contributed by atoms with E-state index in [0.29, 0.717) is 18.9 Å². The fraction of sp³-hybridized carbons (Fsp3) is 0.500. The maximum atomic E-state index is 12.4. The second-order valence-corrected chi connectivity index (χ2v) is 7.26. The normalized spacial score (nSPS) is 15.7. The molecule has 0 bridgehead atoms. The van der Waals surface area contributed by atoms with Crippen molar-refractivity contribution < 1.29 is 14.7 Å². The third-order valence-corrected chi connectivity index (χ3v) is 5.05. The molecule has 8 nitrogen and oxygen atoms in total. The van der Waals surface area contributed by atoms with Crippen LogP contribution in [-0.2, 0) is 11.2 Å². The zero-order chi connectivity index (χ0) is 19.8. The van der Waals surface area contributed by atoms with Crippen molar-refractivity contribution in [3.05, 3.63) is 42.2 Å². The summed E-state index contributed by atoms with van der Waals surface area (Å²) in [6, 6.07) is 9.32. The van der Waals surface area contributed by atoms with Crippen LogP contribution in [0.15, 0.2) is 36.7 Å². The maximum Gasteiger partial charge on any atom is 0.321 e. The first-order valence-electron chi connectivity index (χ1n) is 9.84. The van der Waals surface area contributed by atoms with Crippen molar-refractivity contribution in [2.75, 3.05) is 5.32 Å². The van der Waals surface area contributed by atoms with Gasteiger partial charge in [0.1, 0.15) is 6.33 Å². The Morgan fingerprint density at radius 3 is 2.64 bits per heavy atom. The number of anilines is 1.